The summed E-state index contributed by atoms with van der Waals surface area (Å²) >= 11 is 0. The number of ether oxygens (including phenoxy) is 2. The topological polar surface area (TPSA) is 84.9 Å². The lowest BCUT2D eigenvalue weighted by Gasteiger charge is -2.26. The lowest BCUT2D eigenvalue weighted by Crippen LogP contribution is -2.54. The van der Waals surface area contributed by atoms with E-state index in [2.05, 4.69) is 5.32 Å². The van der Waals surface area contributed by atoms with Gasteiger partial charge >= 0.3 is 6.03 Å². The second kappa shape index (κ2) is 9.26. The molecule has 2 aromatic carbocycles. The molecule has 1 aliphatic heterocycles. The predicted octanol–water partition coefficient (Wildman–Crippen LogP) is 3.71. The average molecular weight is 408 g/mol. The monoisotopic (exact) mass is 408 g/mol. The molecule has 2 aromatic rings. The van der Waals surface area contributed by atoms with E-state index in [1.54, 1.807) is 30.3 Å². The summed E-state index contributed by atoms with van der Waals surface area (Å²) in [5.74, 6) is -0.338. The molecule has 7 heteroatoms. The first-order chi connectivity index (χ1) is 14.5. The minimum Gasteiger partial charge on any atom is -0.494 e. The molecule has 1 aliphatic rings. The number of barbiturate groups is 1. The number of amides is 4. The van der Waals surface area contributed by atoms with Gasteiger partial charge in [0.25, 0.3) is 11.8 Å². The van der Waals surface area contributed by atoms with Crippen LogP contribution in [-0.4, -0.2) is 31.1 Å². The first kappa shape index (κ1) is 21.1. The number of rotatable bonds is 7. The largest absolute Gasteiger partial charge is 0.494 e. The maximum Gasteiger partial charge on any atom is 0.335 e. The van der Waals surface area contributed by atoms with Crippen molar-refractivity contribution in [3.63, 3.8) is 0 Å². The summed E-state index contributed by atoms with van der Waals surface area (Å²) in [7, 11) is 0. The van der Waals surface area contributed by atoms with Gasteiger partial charge in [0.1, 0.15) is 17.1 Å². The maximum atomic E-state index is 13.1. The van der Waals surface area contributed by atoms with E-state index in [0.29, 0.717) is 36.0 Å². The van der Waals surface area contributed by atoms with Gasteiger partial charge in [0.2, 0.25) is 0 Å². The molecule has 0 bridgehead atoms. The van der Waals surface area contributed by atoms with E-state index >= 15 is 0 Å². The van der Waals surface area contributed by atoms with Crippen molar-refractivity contribution in [2.75, 3.05) is 18.1 Å². The smallest absolute Gasteiger partial charge is 0.335 e. The Morgan fingerprint density at radius 1 is 0.933 bits per heavy atom. The van der Waals surface area contributed by atoms with Gasteiger partial charge in [-0.3, -0.25) is 14.9 Å². The molecule has 0 unspecified atom stereocenters. The zero-order chi connectivity index (χ0) is 21.7. The number of urea groups is 1. The second-order valence-corrected chi connectivity index (χ2v) is 6.54. The molecular weight excluding hydrogens is 384 g/mol. The van der Waals surface area contributed by atoms with Crippen molar-refractivity contribution in [1.29, 1.82) is 0 Å². The Morgan fingerprint density at radius 2 is 1.63 bits per heavy atom. The summed E-state index contributed by atoms with van der Waals surface area (Å²) in [6, 6.07) is 11.4. The van der Waals surface area contributed by atoms with Crippen molar-refractivity contribution >= 4 is 29.6 Å². The van der Waals surface area contributed by atoms with Crippen LogP contribution >= 0.6 is 0 Å². The van der Waals surface area contributed by atoms with Gasteiger partial charge in [-0.1, -0.05) is 19.1 Å². The average Bonchev–Trinajstić information content (AvgIpc) is 2.73. The lowest BCUT2D eigenvalue weighted by molar-refractivity contribution is -0.122. The van der Waals surface area contributed by atoms with E-state index in [-0.39, 0.29) is 5.57 Å². The molecule has 1 N–H and O–H groups in total. The van der Waals surface area contributed by atoms with Crippen LogP contribution in [0, 0.1) is 0 Å². The zero-order valence-electron chi connectivity index (χ0n) is 17.2. The Bertz CT molecular complexity index is 995. The van der Waals surface area contributed by atoms with Crippen molar-refractivity contribution in [2.24, 2.45) is 0 Å². The highest BCUT2D eigenvalue weighted by molar-refractivity contribution is 6.39. The van der Waals surface area contributed by atoms with Gasteiger partial charge in [-0.2, -0.15) is 0 Å². The number of carbonyl (C=O) groups is 3. The van der Waals surface area contributed by atoms with Gasteiger partial charge in [0, 0.05) is 11.6 Å². The fraction of sp³-hybridized carbons (Fsp3) is 0.261. The molecule has 4 amide bonds. The third-order valence-corrected chi connectivity index (χ3v) is 4.60. The van der Waals surface area contributed by atoms with Crippen LogP contribution in [0.15, 0.2) is 48.0 Å². The summed E-state index contributed by atoms with van der Waals surface area (Å²) in [5, 5.41) is 2.23. The van der Waals surface area contributed by atoms with Crippen LogP contribution in [0.4, 0.5) is 10.5 Å². The van der Waals surface area contributed by atoms with E-state index < -0.39 is 17.8 Å². The minimum absolute atomic E-state index is 0.153. The molecule has 0 saturated carbocycles. The number of hydrogen-bond donors (Lipinski definition) is 1. The number of imide groups is 2. The summed E-state index contributed by atoms with van der Waals surface area (Å²) in [4.78, 5) is 38.8. The summed E-state index contributed by atoms with van der Waals surface area (Å²) in [5.41, 5.74) is 1.85. The predicted molar refractivity (Wildman–Crippen MR) is 114 cm³/mol. The molecule has 1 saturated heterocycles. The number of benzene rings is 2. The van der Waals surface area contributed by atoms with Gasteiger partial charge in [-0.25, -0.2) is 9.69 Å². The third-order valence-electron chi connectivity index (χ3n) is 4.60. The molecule has 3 rings (SSSR count). The van der Waals surface area contributed by atoms with Gasteiger partial charge in [0.15, 0.2) is 0 Å². The van der Waals surface area contributed by atoms with E-state index in [1.807, 2.05) is 32.9 Å². The number of hydrogen-bond acceptors (Lipinski definition) is 5. The van der Waals surface area contributed by atoms with Gasteiger partial charge < -0.3 is 9.47 Å². The summed E-state index contributed by atoms with van der Waals surface area (Å²) in [6.45, 7) is 6.63. The molecule has 1 heterocycles. The molecule has 156 valence electrons. The Hall–Kier alpha value is -3.61. The van der Waals surface area contributed by atoms with Crippen LogP contribution in [0.3, 0.4) is 0 Å². The Kier molecular flexibility index (Phi) is 6.51. The van der Waals surface area contributed by atoms with Crippen LogP contribution in [-0.2, 0) is 16.0 Å². The highest BCUT2D eigenvalue weighted by Gasteiger charge is 2.37. The Balaban J connectivity index is 1.99. The maximum absolute atomic E-state index is 13.1. The Labute approximate surface area is 175 Å². The first-order valence-corrected chi connectivity index (χ1v) is 9.88. The molecule has 0 atom stereocenters. The fourth-order valence-electron chi connectivity index (χ4n) is 3.10. The summed E-state index contributed by atoms with van der Waals surface area (Å²) in [6.07, 6.45) is 2.26. The fourth-order valence-corrected chi connectivity index (χ4v) is 3.10. The van der Waals surface area contributed by atoms with E-state index in [9.17, 15) is 14.4 Å². The number of carbonyl (C=O) groups excluding carboxylic acids is 3. The molecule has 1 fully saturated rings. The van der Waals surface area contributed by atoms with Crippen LogP contribution in [0.2, 0.25) is 0 Å². The number of aryl methyl sites for hydroxylation is 1. The molecule has 0 aromatic heterocycles. The van der Waals surface area contributed by atoms with Gasteiger partial charge in [0.05, 0.1) is 18.9 Å². The molecular formula is C23H24N2O5. The van der Waals surface area contributed by atoms with Crippen LogP contribution in [0.1, 0.15) is 31.9 Å². The lowest BCUT2D eigenvalue weighted by atomic mass is 10.1. The van der Waals surface area contributed by atoms with Crippen LogP contribution in [0.5, 0.6) is 11.5 Å². The van der Waals surface area contributed by atoms with Crippen molar-refractivity contribution in [3.8, 4) is 11.5 Å². The van der Waals surface area contributed by atoms with Gasteiger partial charge in [-0.15, -0.1) is 0 Å². The van der Waals surface area contributed by atoms with E-state index in [0.717, 1.165) is 16.9 Å². The zero-order valence-corrected chi connectivity index (χ0v) is 17.2. The van der Waals surface area contributed by atoms with Gasteiger partial charge in [-0.05, 0) is 56.2 Å². The van der Waals surface area contributed by atoms with Crippen molar-refractivity contribution in [2.45, 2.75) is 27.2 Å². The third kappa shape index (κ3) is 4.35. The van der Waals surface area contributed by atoms with Crippen LogP contribution < -0.4 is 19.7 Å². The highest BCUT2D eigenvalue weighted by atomic mass is 16.5. The van der Waals surface area contributed by atoms with E-state index in [1.165, 1.54) is 6.08 Å². The quantitative estimate of drug-likeness (QED) is 0.558. The highest BCUT2D eigenvalue weighted by Crippen LogP contribution is 2.29. The SMILES string of the molecule is CCOc1ccc(/C=C2/C(=O)NC(=O)N(c3ccc(CC)cc3)C2=O)c(OCC)c1. The molecule has 0 radical (unpaired) electrons. The number of nitrogens with one attached hydrogen (secondary N) is 1. The standard InChI is InChI=1S/C23H24N2O5/c1-4-15-7-10-17(11-8-15)25-22(27)19(21(26)24-23(25)28)13-16-9-12-18(29-5-2)14-20(16)30-6-3/h7-14H,4-6H2,1-3H3,(H,24,26,28)/b19-13-. The second-order valence-electron chi connectivity index (χ2n) is 6.54. The molecule has 7 nitrogen and oxygen atoms in total. The number of nitrogens with zero attached hydrogens (tertiary/aromatic N) is 1. The molecule has 0 spiro atoms. The van der Waals surface area contributed by atoms with Crippen LogP contribution in [0.25, 0.3) is 6.08 Å². The summed E-state index contributed by atoms with van der Waals surface area (Å²) < 4.78 is 11.1. The number of anilines is 1. The van der Waals surface area contributed by atoms with Crippen molar-refractivity contribution in [1.82, 2.24) is 5.32 Å². The van der Waals surface area contributed by atoms with Crippen molar-refractivity contribution in [3.05, 3.63) is 59.2 Å². The normalized spacial score (nSPS) is 15.4. The Morgan fingerprint density at radius 3 is 2.27 bits per heavy atom. The minimum atomic E-state index is -0.775. The molecule has 0 aliphatic carbocycles. The first-order valence-electron chi connectivity index (χ1n) is 9.88. The van der Waals surface area contributed by atoms with Crippen molar-refractivity contribution < 1.29 is 23.9 Å². The van der Waals surface area contributed by atoms with E-state index in [4.69, 9.17) is 9.47 Å². The molecule has 30 heavy (non-hydrogen) atoms.